The molecule has 0 radical (unpaired) electrons. The van der Waals surface area contributed by atoms with Crippen LogP contribution in [0, 0.1) is 18.8 Å². The van der Waals surface area contributed by atoms with Gasteiger partial charge in [0.05, 0.1) is 5.57 Å². The summed E-state index contributed by atoms with van der Waals surface area (Å²) < 4.78 is 0. The molecule has 0 aromatic heterocycles. The first kappa shape index (κ1) is 12.9. The van der Waals surface area contributed by atoms with Crippen LogP contribution in [0.3, 0.4) is 0 Å². The first-order valence-electron chi connectivity index (χ1n) is 5.42. The van der Waals surface area contributed by atoms with Gasteiger partial charge < -0.3 is 5.73 Å². The Bertz CT molecular complexity index is 536. The fourth-order valence-corrected chi connectivity index (χ4v) is 1.38. The van der Waals surface area contributed by atoms with Gasteiger partial charge in [-0.05, 0) is 31.1 Å². The largest absolute Gasteiger partial charge is 0.398 e. The molecule has 2 N–H and O–H groups in total. The number of hydrogen-bond donors (Lipinski definition) is 1. The Labute approximate surface area is 103 Å². The molecule has 0 heterocycles. The van der Waals surface area contributed by atoms with E-state index in [9.17, 15) is 0 Å². The SMILES string of the molecule is C=C/C(C)=C(/C#Cc1ccccc1C)C(=C)N. The predicted molar refractivity (Wildman–Crippen MR) is 74.3 cm³/mol. The van der Waals surface area contributed by atoms with Gasteiger partial charge in [0.25, 0.3) is 0 Å². The van der Waals surface area contributed by atoms with Crippen LogP contribution >= 0.6 is 0 Å². The van der Waals surface area contributed by atoms with Crippen LogP contribution in [-0.4, -0.2) is 0 Å². The lowest BCUT2D eigenvalue weighted by Crippen LogP contribution is -1.99. The summed E-state index contributed by atoms with van der Waals surface area (Å²) >= 11 is 0. The van der Waals surface area contributed by atoms with Crippen LogP contribution in [0.4, 0.5) is 0 Å². The van der Waals surface area contributed by atoms with Crippen LogP contribution in [0.2, 0.25) is 0 Å². The number of nitrogens with two attached hydrogens (primary N) is 1. The topological polar surface area (TPSA) is 26.0 Å². The number of rotatable bonds is 2. The minimum absolute atomic E-state index is 0.475. The molecule has 1 heteroatoms. The van der Waals surface area contributed by atoms with E-state index in [1.165, 1.54) is 0 Å². The molecule has 0 amide bonds. The van der Waals surface area contributed by atoms with E-state index >= 15 is 0 Å². The molecule has 1 rings (SSSR count). The fraction of sp³-hybridized carbons (Fsp3) is 0.125. The summed E-state index contributed by atoms with van der Waals surface area (Å²) in [7, 11) is 0. The summed E-state index contributed by atoms with van der Waals surface area (Å²) in [6.07, 6.45) is 1.74. The third kappa shape index (κ3) is 3.39. The van der Waals surface area contributed by atoms with Gasteiger partial charge in [0.1, 0.15) is 0 Å². The zero-order valence-corrected chi connectivity index (χ0v) is 10.4. The summed E-state index contributed by atoms with van der Waals surface area (Å²) in [6, 6.07) is 7.99. The minimum atomic E-state index is 0.475. The second-order valence-electron chi connectivity index (χ2n) is 3.85. The Morgan fingerprint density at radius 3 is 2.53 bits per heavy atom. The molecule has 0 bridgehead atoms. The van der Waals surface area contributed by atoms with Gasteiger partial charge in [-0.1, -0.05) is 49.3 Å². The van der Waals surface area contributed by atoms with Gasteiger partial charge in [0.2, 0.25) is 0 Å². The lowest BCUT2D eigenvalue weighted by Gasteiger charge is -2.01. The van der Waals surface area contributed by atoms with E-state index in [0.29, 0.717) is 5.70 Å². The maximum Gasteiger partial charge on any atom is 0.0501 e. The number of allylic oxidation sites excluding steroid dienone is 3. The zero-order chi connectivity index (χ0) is 12.8. The second-order valence-corrected chi connectivity index (χ2v) is 3.85. The Kier molecular flexibility index (Phi) is 4.37. The van der Waals surface area contributed by atoms with Crippen LogP contribution in [0.15, 0.2) is 60.3 Å². The van der Waals surface area contributed by atoms with Crippen molar-refractivity contribution in [2.45, 2.75) is 13.8 Å². The van der Waals surface area contributed by atoms with E-state index in [0.717, 1.165) is 22.3 Å². The Hall–Kier alpha value is -2.20. The highest BCUT2D eigenvalue weighted by Gasteiger charge is 1.98. The number of hydrogen-bond acceptors (Lipinski definition) is 1. The van der Waals surface area contributed by atoms with E-state index in [-0.39, 0.29) is 0 Å². The lowest BCUT2D eigenvalue weighted by molar-refractivity contribution is 1.33. The first-order valence-corrected chi connectivity index (χ1v) is 5.42. The van der Waals surface area contributed by atoms with Crippen molar-refractivity contribution in [3.8, 4) is 11.8 Å². The van der Waals surface area contributed by atoms with E-state index in [2.05, 4.69) is 25.0 Å². The van der Waals surface area contributed by atoms with Gasteiger partial charge in [0, 0.05) is 11.3 Å². The van der Waals surface area contributed by atoms with Crippen molar-refractivity contribution in [3.05, 3.63) is 71.5 Å². The van der Waals surface area contributed by atoms with Crippen molar-refractivity contribution >= 4 is 0 Å². The predicted octanol–water partition coefficient (Wildman–Crippen LogP) is 3.32. The molecule has 0 fully saturated rings. The van der Waals surface area contributed by atoms with E-state index in [1.807, 2.05) is 38.1 Å². The van der Waals surface area contributed by atoms with Gasteiger partial charge >= 0.3 is 0 Å². The molecule has 0 aliphatic rings. The Morgan fingerprint density at radius 2 is 2.00 bits per heavy atom. The summed E-state index contributed by atoms with van der Waals surface area (Å²) in [5.74, 6) is 6.17. The summed E-state index contributed by atoms with van der Waals surface area (Å²) in [5, 5.41) is 0. The molecular weight excluding hydrogens is 206 g/mol. The molecule has 0 saturated carbocycles. The summed E-state index contributed by atoms with van der Waals surface area (Å²) in [4.78, 5) is 0. The highest BCUT2D eigenvalue weighted by Crippen LogP contribution is 2.10. The third-order valence-corrected chi connectivity index (χ3v) is 2.49. The second kappa shape index (κ2) is 5.77. The molecule has 0 unspecified atom stereocenters. The maximum absolute atomic E-state index is 5.71. The lowest BCUT2D eigenvalue weighted by atomic mass is 10.1. The number of benzene rings is 1. The highest BCUT2D eigenvalue weighted by molar-refractivity contribution is 5.53. The minimum Gasteiger partial charge on any atom is -0.398 e. The Morgan fingerprint density at radius 1 is 1.35 bits per heavy atom. The van der Waals surface area contributed by atoms with Crippen LogP contribution in [-0.2, 0) is 0 Å². The smallest absolute Gasteiger partial charge is 0.0501 e. The number of aryl methyl sites for hydroxylation is 1. The van der Waals surface area contributed by atoms with Crippen LogP contribution in [0.1, 0.15) is 18.1 Å². The highest BCUT2D eigenvalue weighted by atomic mass is 14.6. The Balaban J connectivity index is 3.18. The van der Waals surface area contributed by atoms with Crippen molar-refractivity contribution < 1.29 is 0 Å². The first-order chi connectivity index (χ1) is 8.06. The summed E-state index contributed by atoms with van der Waals surface area (Å²) in [6.45, 7) is 11.4. The molecule has 86 valence electrons. The molecule has 1 aromatic carbocycles. The van der Waals surface area contributed by atoms with E-state index in [4.69, 9.17) is 5.73 Å². The molecule has 0 saturated heterocycles. The molecule has 0 aliphatic carbocycles. The van der Waals surface area contributed by atoms with Crippen molar-refractivity contribution in [1.29, 1.82) is 0 Å². The molecular formula is C16H17N. The molecule has 1 nitrogen and oxygen atoms in total. The van der Waals surface area contributed by atoms with Gasteiger partial charge in [-0.3, -0.25) is 0 Å². The molecule has 0 aliphatic heterocycles. The van der Waals surface area contributed by atoms with Crippen molar-refractivity contribution in [3.63, 3.8) is 0 Å². The molecule has 0 atom stereocenters. The van der Waals surface area contributed by atoms with E-state index < -0.39 is 0 Å². The maximum atomic E-state index is 5.71. The van der Waals surface area contributed by atoms with Crippen molar-refractivity contribution in [2.24, 2.45) is 5.73 Å². The molecule has 1 aromatic rings. The third-order valence-electron chi connectivity index (χ3n) is 2.49. The van der Waals surface area contributed by atoms with E-state index in [1.54, 1.807) is 6.08 Å². The van der Waals surface area contributed by atoms with Crippen molar-refractivity contribution in [2.75, 3.05) is 0 Å². The van der Waals surface area contributed by atoms with Crippen LogP contribution in [0.25, 0.3) is 0 Å². The average molecular weight is 223 g/mol. The fourth-order valence-electron chi connectivity index (χ4n) is 1.38. The van der Waals surface area contributed by atoms with Gasteiger partial charge in [-0.2, -0.15) is 0 Å². The molecule has 17 heavy (non-hydrogen) atoms. The van der Waals surface area contributed by atoms with Gasteiger partial charge in [0.15, 0.2) is 0 Å². The monoisotopic (exact) mass is 223 g/mol. The molecule has 0 spiro atoms. The van der Waals surface area contributed by atoms with Gasteiger partial charge in [-0.15, -0.1) is 0 Å². The average Bonchev–Trinajstić information content (AvgIpc) is 2.30. The van der Waals surface area contributed by atoms with Crippen LogP contribution < -0.4 is 5.73 Å². The summed E-state index contributed by atoms with van der Waals surface area (Å²) in [5.41, 5.74) is 10.0. The quantitative estimate of drug-likeness (QED) is 0.604. The van der Waals surface area contributed by atoms with Crippen LogP contribution in [0.5, 0.6) is 0 Å². The van der Waals surface area contributed by atoms with Crippen molar-refractivity contribution in [1.82, 2.24) is 0 Å². The zero-order valence-electron chi connectivity index (χ0n) is 10.4. The normalized spacial score (nSPS) is 10.9. The standard InChI is InChI=1S/C16H17N/c1-5-12(2)16(14(4)17)11-10-15-9-7-6-8-13(15)3/h5-9H,1,4,17H2,2-3H3/b16-12-. The van der Waals surface area contributed by atoms with Gasteiger partial charge in [-0.25, -0.2) is 0 Å².